The molecule has 1 heterocycles. The van der Waals surface area contributed by atoms with E-state index in [-0.39, 0.29) is 23.6 Å². The minimum atomic E-state index is -4.48. The molecule has 4 N–H and O–H groups in total. The van der Waals surface area contributed by atoms with Gasteiger partial charge in [-0.1, -0.05) is 12.0 Å². The normalized spacial score (nSPS) is 12.1. The summed E-state index contributed by atoms with van der Waals surface area (Å²) in [7, 11) is 0.298. The highest BCUT2D eigenvalue weighted by molar-refractivity contribution is 7.84. The molecule has 0 aliphatic heterocycles. The number of benzene rings is 3. The van der Waals surface area contributed by atoms with E-state index in [2.05, 4.69) is 22.5 Å². The molecule has 4 aromatic rings. The number of rotatable bonds is 7. The van der Waals surface area contributed by atoms with Crippen LogP contribution >= 0.6 is 0 Å². The van der Waals surface area contributed by atoms with Crippen LogP contribution in [0.3, 0.4) is 0 Å². The molecule has 0 aliphatic carbocycles. The lowest BCUT2D eigenvalue weighted by Crippen LogP contribution is -2.18. The highest BCUT2D eigenvalue weighted by Crippen LogP contribution is 2.33. The van der Waals surface area contributed by atoms with E-state index >= 15 is 0 Å². The van der Waals surface area contributed by atoms with Crippen molar-refractivity contribution in [3.63, 3.8) is 0 Å². The summed E-state index contributed by atoms with van der Waals surface area (Å²) in [6.07, 6.45) is -2.93. The van der Waals surface area contributed by atoms with Crippen molar-refractivity contribution in [1.29, 1.82) is 0 Å². The quantitative estimate of drug-likeness (QED) is 0.154. The smallest absolute Gasteiger partial charge is 0.406 e. The maximum atomic E-state index is 14.4. The van der Waals surface area contributed by atoms with Crippen LogP contribution in [0, 0.1) is 17.7 Å². The summed E-state index contributed by atoms with van der Waals surface area (Å²) < 4.78 is 72.8. The summed E-state index contributed by atoms with van der Waals surface area (Å²) in [4.78, 5) is 0.596. The van der Waals surface area contributed by atoms with Crippen molar-refractivity contribution in [2.75, 3.05) is 36.3 Å². The van der Waals surface area contributed by atoms with Gasteiger partial charge in [0.1, 0.15) is 18.1 Å². The first-order chi connectivity index (χ1) is 18.1. The van der Waals surface area contributed by atoms with Crippen molar-refractivity contribution in [3.05, 3.63) is 72.2 Å². The second kappa shape index (κ2) is 11.1. The number of hydrogen-bond acceptors (Lipinski definition) is 5. The van der Waals surface area contributed by atoms with E-state index in [9.17, 15) is 21.8 Å². The lowest BCUT2D eigenvalue weighted by Gasteiger charge is -2.12. The summed E-state index contributed by atoms with van der Waals surface area (Å²) in [5.41, 5.74) is 7.46. The highest BCUT2D eigenvalue weighted by Gasteiger charge is 2.30. The number of nitrogen functional groups attached to an aromatic ring is 1. The van der Waals surface area contributed by atoms with E-state index in [4.69, 9.17) is 10.5 Å². The molecule has 6 nitrogen and oxygen atoms in total. The molecule has 0 fully saturated rings. The number of anilines is 4. The third-order valence-corrected chi connectivity index (χ3v) is 6.55. The van der Waals surface area contributed by atoms with E-state index in [1.807, 2.05) is 0 Å². The van der Waals surface area contributed by atoms with E-state index in [1.54, 1.807) is 42.7 Å². The SMILES string of the molecule is COc1cc(S(C)=O)ccc1NCC#Cc1cc2c(Nc3ccc(N)cc3F)cccc2n1CC(F)(F)F. The van der Waals surface area contributed by atoms with Gasteiger partial charge in [-0.25, -0.2) is 4.39 Å². The Bertz CT molecular complexity index is 1570. The summed E-state index contributed by atoms with van der Waals surface area (Å²) in [5.74, 6) is 5.55. The van der Waals surface area contributed by atoms with Gasteiger partial charge in [-0.15, -0.1) is 0 Å². The lowest BCUT2D eigenvalue weighted by atomic mass is 10.2. The largest absolute Gasteiger partial charge is 0.495 e. The van der Waals surface area contributed by atoms with Crippen LogP contribution in [0.4, 0.5) is 40.3 Å². The molecule has 0 saturated carbocycles. The van der Waals surface area contributed by atoms with E-state index in [0.717, 1.165) is 10.6 Å². The van der Waals surface area contributed by atoms with Gasteiger partial charge in [0.25, 0.3) is 0 Å². The fraction of sp³-hybridized carbons (Fsp3) is 0.185. The molecular formula is C27H24F4N4O2S. The van der Waals surface area contributed by atoms with Crippen LogP contribution in [0.25, 0.3) is 10.9 Å². The van der Waals surface area contributed by atoms with Crippen molar-refractivity contribution in [2.45, 2.75) is 17.6 Å². The van der Waals surface area contributed by atoms with Crippen molar-refractivity contribution in [2.24, 2.45) is 0 Å². The molecular weight excluding hydrogens is 520 g/mol. The average molecular weight is 545 g/mol. The molecule has 1 aromatic heterocycles. The molecule has 11 heteroatoms. The van der Waals surface area contributed by atoms with Gasteiger partial charge in [0, 0.05) is 38.7 Å². The standard InChI is InChI=1S/C27H24F4N4O2S/c1-37-26-15-19(38(2)36)9-11-24(26)33-12-4-5-18-14-20-22(34-23-10-8-17(32)13-21(23)28)6-3-7-25(20)35(18)16-27(29,30)31/h3,6-11,13-15,33-34H,12,16,32H2,1-2H3. The molecule has 38 heavy (non-hydrogen) atoms. The van der Waals surface area contributed by atoms with Crippen molar-refractivity contribution in [3.8, 4) is 17.6 Å². The predicted molar refractivity (Wildman–Crippen MR) is 143 cm³/mol. The fourth-order valence-corrected chi connectivity index (χ4v) is 4.43. The Hall–Kier alpha value is -4.17. The minimum absolute atomic E-state index is 0.111. The zero-order valence-electron chi connectivity index (χ0n) is 20.4. The molecule has 0 bridgehead atoms. The first kappa shape index (κ1) is 26.9. The van der Waals surface area contributed by atoms with Crippen LogP contribution in [0.2, 0.25) is 0 Å². The molecule has 198 valence electrons. The van der Waals surface area contributed by atoms with E-state index in [1.165, 1.54) is 25.3 Å². The summed E-state index contributed by atoms with van der Waals surface area (Å²) in [6.45, 7) is -1.13. The fourth-order valence-electron chi connectivity index (χ4n) is 3.90. The average Bonchev–Trinajstić information content (AvgIpc) is 3.20. The molecule has 1 unspecified atom stereocenters. The number of nitrogens with zero attached hydrogens (tertiary/aromatic N) is 1. The molecule has 3 aromatic carbocycles. The molecule has 0 spiro atoms. The Morgan fingerprint density at radius 3 is 2.50 bits per heavy atom. The van der Waals surface area contributed by atoms with Gasteiger partial charge < -0.3 is 25.7 Å². The van der Waals surface area contributed by atoms with Crippen LogP contribution in [-0.2, 0) is 17.3 Å². The number of ether oxygens (including phenoxy) is 1. The summed E-state index contributed by atoms with van der Waals surface area (Å²) in [6, 6.07) is 15.5. The predicted octanol–water partition coefficient (Wildman–Crippen LogP) is 5.88. The van der Waals surface area contributed by atoms with Gasteiger partial charge in [-0.2, -0.15) is 13.2 Å². The number of alkyl halides is 3. The Morgan fingerprint density at radius 1 is 1.05 bits per heavy atom. The van der Waals surface area contributed by atoms with Gasteiger partial charge in [0.05, 0.1) is 36.2 Å². The Kier molecular flexibility index (Phi) is 7.83. The molecule has 0 radical (unpaired) electrons. The number of nitrogens with one attached hydrogen (secondary N) is 2. The van der Waals surface area contributed by atoms with Crippen molar-refractivity contribution < 1.29 is 26.5 Å². The van der Waals surface area contributed by atoms with Gasteiger partial charge in [-0.3, -0.25) is 4.21 Å². The van der Waals surface area contributed by atoms with Crippen LogP contribution in [0.15, 0.2) is 65.6 Å². The lowest BCUT2D eigenvalue weighted by molar-refractivity contribution is -0.140. The van der Waals surface area contributed by atoms with Gasteiger partial charge in [0.15, 0.2) is 0 Å². The maximum Gasteiger partial charge on any atom is 0.406 e. The third kappa shape index (κ3) is 6.20. The summed E-state index contributed by atoms with van der Waals surface area (Å²) in [5, 5.41) is 6.46. The Morgan fingerprint density at radius 2 is 1.82 bits per heavy atom. The second-order valence-electron chi connectivity index (χ2n) is 8.31. The summed E-state index contributed by atoms with van der Waals surface area (Å²) >= 11 is 0. The van der Waals surface area contributed by atoms with E-state index in [0.29, 0.717) is 32.9 Å². The van der Waals surface area contributed by atoms with Gasteiger partial charge >= 0.3 is 6.18 Å². The number of fused-ring (bicyclic) bond motifs is 1. The van der Waals surface area contributed by atoms with Crippen molar-refractivity contribution in [1.82, 2.24) is 4.57 Å². The Labute approximate surface area is 219 Å². The maximum absolute atomic E-state index is 14.4. The van der Waals surface area contributed by atoms with Crippen LogP contribution in [0.5, 0.6) is 5.75 Å². The van der Waals surface area contributed by atoms with Crippen LogP contribution in [-0.4, -0.2) is 34.9 Å². The van der Waals surface area contributed by atoms with E-state index < -0.39 is 29.3 Å². The minimum Gasteiger partial charge on any atom is -0.495 e. The highest BCUT2D eigenvalue weighted by atomic mass is 32.2. The van der Waals surface area contributed by atoms with Crippen LogP contribution in [0.1, 0.15) is 5.69 Å². The first-order valence-electron chi connectivity index (χ1n) is 11.3. The van der Waals surface area contributed by atoms with Gasteiger partial charge in [0.2, 0.25) is 0 Å². The Balaban J connectivity index is 1.65. The number of hydrogen-bond donors (Lipinski definition) is 3. The first-order valence-corrected chi connectivity index (χ1v) is 12.9. The molecule has 0 aliphatic rings. The molecule has 0 amide bonds. The molecule has 4 rings (SSSR count). The zero-order chi connectivity index (χ0) is 27.4. The zero-order valence-corrected chi connectivity index (χ0v) is 21.3. The number of halogens is 4. The molecule has 0 saturated heterocycles. The topological polar surface area (TPSA) is 81.3 Å². The van der Waals surface area contributed by atoms with Crippen LogP contribution < -0.4 is 21.1 Å². The van der Waals surface area contributed by atoms with Crippen molar-refractivity contribution >= 4 is 44.5 Å². The monoisotopic (exact) mass is 544 g/mol. The number of nitrogens with two attached hydrogens (primary N) is 1. The number of methoxy groups -OCH3 is 1. The third-order valence-electron chi connectivity index (χ3n) is 5.63. The molecule has 1 atom stereocenters. The second-order valence-corrected chi connectivity index (χ2v) is 9.68. The number of aromatic nitrogens is 1. The van der Waals surface area contributed by atoms with Gasteiger partial charge in [-0.05, 0) is 60.5 Å².